The molecule has 0 atom stereocenters. The number of carbonyl (C=O) groups is 1. The highest BCUT2D eigenvalue weighted by Gasteiger charge is 2.07. The molecule has 0 bridgehead atoms. The van der Waals surface area contributed by atoms with Gasteiger partial charge in [0, 0.05) is 29.1 Å². The molecule has 2 rings (SSSR count). The van der Waals surface area contributed by atoms with E-state index in [4.69, 9.17) is 9.47 Å². The van der Waals surface area contributed by atoms with Gasteiger partial charge in [0.25, 0.3) is 0 Å². The maximum absolute atomic E-state index is 12.0. The summed E-state index contributed by atoms with van der Waals surface area (Å²) < 4.78 is 11.5. The highest BCUT2D eigenvalue weighted by molar-refractivity contribution is 9.10. The smallest absolute Gasteiger partial charge is 0.220 e. The number of amides is 1. The van der Waals surface area contributed by atoms with Gasteiger partial charge in [-0.1, -0.05) is 28.1 Å². The molecule has 2 aromatic rings. The summed E-state index contributed by atoms with van der Waals surface area (Å²) in [7, 11) is 3.21. The Labute approximate surface area is 144 Å². The molecule has 0 spiro atoms. The standard InChI is InChI=1S/C18H20BrNO3/c1-22-16-8-7-14(17(11-16)23-2)12-20-18(21)9-6-13-4-3-5-15(19)10-13/h3-5,7-8,10-11H,6,9,12H2,1-2H3,(H,20,21). The Bertz CT molecular complexity index is 673. The number of hydrogen-bond acceptors (Lipinski definition) is 3. The molecule has 0 aliphatic heterocycles. The second-order valence-electron chi connectivity index (χ2n) is 5.08. The highest BCUT2D eigenvalue weighted by atomic mass is 79.9. The molecule has 5 heteroatoms. The lowest BCUT2D eigenvalue weighted by molar-refractivity contribution is -0.121. The second-order valence-corrected chi connectivity index (χ2v) is 6.00. The third kappa shape index (κ3) is 5.28. The third-order valence-electron chi connectivity index (χ3n) is 3.50. The lowest BCUT2D eigenvalue weighted by Crippen LogP contribution is -2.23. The van der Waals surface area contributed by atoms with Gasteiger partial charge < -0.3 is 14.8 Å². The molecule has 2 aromatic carbocycles. The summed E-state index contributed by atoms with van der Waals surface area (Å²) in [5, 5.41) is 2.92. The number of ether oxygens (including phenoxy) is 2. The molecular formula is C18H20BrNO3. The molecule has 23 heavy (non-hydrogen) atoms. The van der Waals surface area contributed by atoms with E-state index in [0.717, 1.165) is 21.3 Å². The minimum atomic E-state index is 0.0165. The minimum absolute atomic E-state index is 0.0165. The number of halogens is 1. The van der Waals surface area contributed by atoms with Crippen molar-refractivity contribution >= 4 is 21.8 Å². The third-order valence-corrected chi connectivity index (χ3v) is 3.99. The molecule has 0 unspecified atom stereocenters. The topological polar surface area (TPSA) is 47.6 Å². The molecule has 0 aliphatic rings. The Morgan fingerprint density at radius 3 is 2.65 bits per heavy atom. The largest absolute Gasteiger partial charge is 0.497 e. The number of hydrogen-bond donors (Lipinski definition) is 1. The quantitative estimate of drug-likeness (QED) is 0.799. The number of aryl methyl sites for hydroxylation is 1. The summed E-state index contributed by atoms with van der Waals surface area (Å²) in [6.45, 7) is 0.435. The molecule has 1 N–H and O–H groups in total. The van der Waals surface area contributed by atoms with Crippen LogP contribution in [0.5, 0.6) is 11.5 Å². The van der Waals surface area contributed by atoms with Crippen LogP contribution in [0.3, 0.4) is 0 Å². The van der Waals surface area contributed by atoms with Gasteiger partial charge in [0.15, 0.2) is 0 Å². The maximum Gasteiger partial charge on any atom is 0.220 e. The predicted octanol–water partition coefficient (Wildman–Crippen LogP) is 3.72. The first-order valence-corrected chi connectivity index (χ1v) is 8.13. The van der Waals surface area contributed by atoms with Crippen molar-refractivity contribution in [2.24, 2.45) is 0 Å². The first-order chi connectivity index (χ1) is 11.1. The first kappa shape index (κ1) is 17.3. The van der Waals surface area contributed by atoms with Crippen molar-refractivity contribution < 1.29 is 14.3 Å². The summed E-state index contributed by atoms with van der Waals surface area (Å²) >= 11 is 3.43. The summed E-state index contributed by atoms with van der Waals surface area (Å²) in [5.41, 5.74) is 2.06. The molecule has 0 saturated heterocycles. The van der Waals surface area contributed by atoms with Crippen LogP contribution in [-0.4, -0.2) is 20.1 Å². The van der Waals surface area contributed by atoms with Gasteiger partial charge in [-0.3, -0.25) is 4.79 Å². The zero-order valence-corrected chi connectivity index (χ0v) is 14.9. The summed E-state index contributed by atoms with van der Waals surface area (Å²) in [5.74, 6) is 1.45. The van der Waals surface area contributed by atoms with Crippen LogP contribution >= 0.6 is 15.9 Å². The van der Waals surface area contributed by atoms with Gasteiger partial charge in [0.1, 0.15) is 11.5 Å². The van der Waals surface area contributed by atoms with Crippen molar-refractivity contribution in [1.82, 2.24) is 5.32 Å². The number of carbonyl (C=O) groups excluding carboxylic acids is 1. The van der Waals surface area contributed by atoms with E-state index in [9.17, 15) is 4.79 Å². The average Bonchev–Trinajstić information content (AvgIpc) is 2.58. The molecule has 0 aliphatic carbocycles. The summed E-state index contributed by atoms with van der Waals surface area (Å²) in [6.07, 6.45) is 1.17. The van der Waals surface area contributed by atoms with E-state index in [2.05, 4.69) is 21.2 Å². The molecule has 4 nitrogen and oxygen atoms in total. The molecule has 122 valence electrons. The van der Waals surface area contributed by atoms with Gasteiger partial charge in [0.2, 0.25) is 5.91 Å². The highest BCUT2D eigenvalue weighted by Crippen LogP contribution is 2.24. The fourth-order valence-electron chi connectivity index (χ4n) is 2.23. The number of nitrogens with one attached hydrogen (secondary N) is 1. The van der Waals surface area contributed by atoms with Crippen molar-refractivity contribution in [1.29, 1.82) is 0 Å². The average molecular weight is 378 g/mol. The molecular weight excluding hydrogens is 358 g/mol. The summed E-state index contributed by atoms with van der Waals surface area (Å²) in [6, 6.07) is 13.5. The lowest BCUT2D eigenvalue weighted by Gasteiger charge is -2.11. The van der Waals surface area contributed by atoms with Crippen molar-refractivity contribution in [3.05, 3.63) is 58.1 Å². The fourth-order valence-corrected chi connectivity index (χ4v) is 2.68. The van der Waals surface area contributed by atoms with Crippen LogP contribution in [0.1, 0.15) is 17.5 Å². The Balaban J connectivity index is 1.87. The number of methoxy groups -OCH3 is 2. The van der Waals surface area contributed by atoms with Crippen molar-refractivity contribution in [2.45, 2.75) is 19.4 Å². The maximum atomic E-state index is 12.0. The van der Waals surface area contributed by atoms with Gasteiger partial charge in [0.05, 0.1) is 14.2 Å². The van der Waals surface area contributed by atoms with Crippen LogP contribution in [0.2, 0.25) is 0 Å². The Morgan fingerprint density at radius 2 is 1.96 bits per heavy atom. The van der Waals surface area contributed by atoms with Gasteiger partial charge >= 0.3 is 0 Å². The van der Waals surface area contributed by atoms with Crippen molar-refractivity contribution in [3.8, 4) is 11.5 Å². The Hall–Kier alpha value is -2.01. The minimum Gasteiger partial charge on any atom is -0.497 e. The van der Waals surface area contributed by atoms with E-state index < -0.39 is 0 Å². The molecule has 0 fully saturated rings. The normalized spacial score (nSPS) is 10.2. The van der Waals surface area contributed by atoms with Crippen LogP contribution in [-0.2, 0) is 17.8 Å². The van der Waals surface area contributed by atoms with Gasteiger partial charge in [-0.15, -0.1) is 0 Å². The van der Waals surface area contributed by atoms with Crippen LogP contribution in [0.25, 0.3) is 0 Å². The van der Waals surface area contributed by atoms with E-state index in [1.54, 1.807) is 14.2 Å². The van der Waals surface area contributed by atoms with Crippen LogP contribution in [0.4, 0.5) is 0 Å². The Morgan fingerprint density at radius 1 is 1.13 bits per heavy atom. The zero-order chi connectivity index (χ0) is 16.7. The van der Waals surface area contributed by atoms with E-state index in [-0.39, 0.29) is 5.91 Å². The van der Waals surface area contributed by atoms with Crippen LogP contribution in [0.15, 0.2) is 46.9 Å². The molecule has 0 saturated carbocycles. The van der Waals surface area contributed by atoms with Crippen LogP contribution < -0.4 is 14.8 Å². The molecule has 0 heterocycles. The van der Waals surface area contributed by atoms with Gasteiger partial charge in [-0.25, -0.2) is 0 Å². The van der Waals surface area contributed by atoms with E-state index in [1.165, 1.54) is 0 Å². The monoisotopic (exact) mass is 377 g/mol. The van der Waals surface area contributed by atoms with E-state index >= 15 is 0 Å². The molecule has 0 radical (unpaired) electrons. The second kappa shape index (κ2) is 8.58. The van der Waals surface area contributed by atoms with Crippen molar-refractivity contribution in [3.63, 3.8) is 0 Å². The van der Waals surface area contributed by atoms with Crippen LogP contribution in [0, 0.1) is 0 Å². The SMILES string of the molecule is COc1ccc(CNC(=O)CCc2cccc(Br)c2)c(OC)c1. The first-order valence-electron chi connectivity index (χ1n) is 7.34. The zero-order valence-electron chi connectivity index (χ0n) is 13.3. The number of benzene rings is 2. The Kier molecular flexibility index (Phi) is 6.47. The van der Waals surface area contributed by atoms with Gasteiger partial charge in [-0.2, -0.15) is 0 Å². The summed E-state index contributed by atoms with van der Waals surface area (Å²) in [4.78, 5) is 12.0. The van der Waals surface area contributed by atoms with E-state index in [1.807, 2.05) is 42.5 Å². The van der Waals surface area contributed by atoms with Crippen molar-refractivity contribution in [2.75, 3.05) is 14.2 Å². The van der Waals surface area contributed by atoms with Gasteiger partial charge in [-0.05, 0) is 36.2 Å². The van der Waals surface area contributed by atoms with E-state index in [0.29, 0.717) is 25.1 Å². The fraction of sp³-hybridized carbons (Fsp3) is 0.278. The molecule has 0 aromatic heterocycles. The predicted molar refractivity (Wildman–Crippen MR) is 93.9 cm³/mol. The number of rotatable bonds is 7. The lowest BCUT2D eigenvalue weighted by atomic mass is 10.1. The molecule has 1 amide bonds.